The van der Waals surface area contributed by atoms with E-state index in [1.165, 1.54) is 44.5 Å². The zero-order chi connectivity index (χ0) is 22.4. The molecule has 0 spiro atoms. The molecule has 3 nitrogen and oxygen atoms in total. The molecule has 0 unspecified atom stereocenters. The molecule has 0 fully saturated rings. The zero-order valence-electron chi connectivity index (χ0n) is 20.1. The fraction of sp³-hybridized carbons (Fsp3) is 0.357. The van der Waals surface area contributed by atoms with E-state index in [0.29, 0.717) is 11.8 Å². The average Bonchev–Trinajstić information content (AvgIpc) is 2.98. The number of nitrogens with zero attached hydrogens (tertiary/aromatic N) is 3. The van der Waals surface area contributed by atoms with Crippen molar-refractivity contribution < 1.29 is 4.68 Å². The summed E-state index contributed by atoms with van der Waals surface area (Å²) >= 11 is 0. The topological polar surface area (TPSA) is 21.7 Å². The Kier molecular flexibility index (Phi) is 5.47. The predicted octanol–water partition coefficient (Wildman–Crippen LogP) is 6.69. The minimum absolute atomic E-state index is 0.449. The molecule has 31 heavy (non-hydrogen) atoms. The van der Waals surface area contributed by atoms with E-state index in [4.69, 9.17) is 4.98 Å². The lowest BCUT2D eigenvalue weighted by Crippen LogP contribution is -2.41. The first-order valence-corrected chi connectivity index (χ1v) is 11.3. The van der Waals surface area contributed by atoms with Crippen LogP contribution in [-0.2, 0) is 7.05 Å². The van der Waals surface area contributed by atoms with E-state index in [9.17, 15) is 0 Å². The van der Waals surface area contributed by atoms with Crippen LogP contribution in [0.15, 0.2) is 48.5 Å². The fourth-order valence-electron chi connectivity index (χ4n) is 4.84. The third-order valence-corrected chi connectivity index (χ3v) is 6.51. The number of hydrogen-bond acceptors (Lipinski definition) is 1. The molecule has 0 aliphatic rings. The maximum atomic E-state index is 5.19. The summed E-state index contributed by atoms with van der Waals surface area (Å²) in [6.45, 7) is 15.6. The van der Waals surface area contributed by atoms with Gasteiger partial charge in [0.1, 0.15) is 5.69 Å². The van der Waals surface area contributed by atoms with Crippen molar-refractivity contribution in [1.29, 1.82) is 0 Å². The summed E-state index contributed by atoms with van der Waals surface area (Å²) in [7, 11) is 2.13. The highest BCUT2D eigenvalue weighted by Crippen LogP contribution is 2.36. The van der Waals surface area contributed by atoms with Gasteiger partial charge >= 0.3 is 0 Å². The highest BCUT2D eigenvalue weighted by atomic mass is 15.4. The fourth-order valence-corrected chi connectivity index (χ4v) is 4.84. The van der Waals surface area contributed by atoms with Gasteiger partial charge in [0.15, 0.2) is 0 Å². The van der Waals surface area contributed by atoms with Crippen LogP contribution < -0.4 is 4.68 Å². The second-order valence-electron chi connectivity index (χ2n) is 9.32. The van der Waals surface area contributed by atoms with Crippen molar-refractivity contribution in [3.05, 3.63) is 76.6 Å². The number of hydrogen-bond donors (Lipinski definition) is 0. The van der Waals surface area contributed by atoms with Crippen LogP contribution >= 0.6 is 0 Å². The minimum Gasteiger partial charge on any atom is -0.246 e. The highest BCUT2D eigenvalue weighted by Gasteiger charge is 2.27. The normalized spacial score (nSPS) is 11.8. The number of benzene rings is 2. The number of rotatable bonds is 4. The van der Waals surface area contributed by atoms with E-state index in [1.54, 1.807) is 0 Å². The highest BCUT2D eigenvalue weighted by molar-refractivity contribution is 5.79. The van der Waals surface area contributed by atoms with Crippen LogP contribution in [-0.4, -0.2) is 9.67 Å². The standard InChI is InChI=1S/C28H34N3/c1-17(2)22-13-11-14-23(18(3)4)27(22)25-16-19(5)28(20(6)29-25)31-26-15-10-9-12-24(26)21(7)30(31)8/h9-18H,1-8H3/q+1. The van der Waals surface area contributed by atoms with Gasteiger partial charge in [-0.3, -0.25) is 0 Å². The summed E-state index contributed by atoms with van der Waals surface area (Å²) in [5.41, 5.74) is 11.1. The largest absolute Gasteiger partial charge is 0.260 e. The van der Waals surface area contributed by atoms with E-state index >= 15 is 0 Å². The molecule has 4 aromatic rings. The van der Waals surface area contributed by atoms with Crippen LogP contribution in [0.25, 0.3) is 27.8 Å². The van der Waals surface area contributed by atoms with Crippen molar-refractivity contribution >= 4 is 10.9 Å². The van der Waals surface area contributed by atoms with Crippen LogP contribution in [0.1, 0.15) is 67.6 Å². The lowest BCUT2D eigenvalue weighted by molar-refractivity contribution is -0.659. The van der Waals surface area contributed by atoms with Gasteiger partial charge in [-0.1, -0.05) is 62.7 Å². The Bertz CT molecular complexity index is 1230. The molecule has 160 valence electrons. The SMILES string of the molecule is Cc1cc(-c2c(C(C)C)cccc2C(C)C)nc(C)c1-[n+]1c2ccccc2c(C)n1C. The third kappa shape index (κ3) is 3.46. The summed E-state index contributed by atoms with van der Waals surface area (Å²) < 4.78 is 4.55. The smallest absolute Gasteiger partial charge is 0.246 e. The van der Waals surface area contributed by atoms with Crippen molar-refractivity contribution in [2.75, 3.05) is 0 Å². The second-order valence-corrected chi connectivity index (χ2v) is 9.32. The summed E-state index contributed by atoms with van der Waals surface area (Å²) in [4.78, 5) is 5.19. The van der Waals surface area contributed by atoms with Gasteiger partial charge in [-0.05, 0) is 55.9 Å². The maximum absolute atomic E-state index is 5.19. The molecule has 2 heterocycles. The monoisotopic (exact) mass is 412 g/mol. The molecule has 0 N–H and O–H groups in total. The van der Waals surface area contributed by atoms with Crippen LogP contribution in [0.4, 0.5) is 0 Å². The Balaban J connectivity index is 1.99. The second kappa shape index (κ2) is 7.96. The van der Waals surface area contributed by atoms with Gasteiger partial charge in [0.2, 0.25) is 5.52 Å². The van der Waals surface area contributed by atoms with E-state index in [0.717, 1.165) is 11.4 Å². The van der Waals surface area contributed by atoms with E-state index in [1.807, 2.05) is 0 Å². The summed E-state index contributed by atoms with van der Waals surface area (Å²) in [5, 5.41) is 1.28. The molecule has 0 saturated carbocycles. The molecular weight excluding hydrogens is 378 g/mol. The van der Waals surface area contributed by atoms with Crippen molar-refractivity contribution in [3.8, 4) is 16.9 Å². The van der Waals surface area contributed by atoms with Crippen LogP contribution in [0.5, 0.6) is 0 Å². The lowest BCUT2D eigenvalue weighted by Gasteiger charge is -2.20. The molecule has 0 radical (unpaired) electrons. The molecule has 0 aliphatic heterocycles. The molecule has 0 atom stereocenters. The number of fused-ring (bicyclic) bond motifs is 1. The molecule has 3 heteroatoms. The van der Waals surface area contributed by atoms with Crippen molar-refractivity contribution in [3.63, 3.8) is 0 Å². The Labute approximate surface area is 186 Å². The van der Waals surface area contributed by atoms with E-state index in [2.05, 4.69) is 113 Å². The van der Waals surface area contributed by atoms with Gasteiger partial charge in [-0.2, -0.15) is 4.68 Å². The number of aryl methyl sites for hydroxylation is 3. The van der Waals surface area contributed by atoms with Crippen LogP contribution in [0.2, 0.25) is 0 Å². The van der Waals surface area contributed by atoms with Gasteiger partial charge in [-0.25, -0.2) is 4.98 Å². The molecule has 2 aromatic heterocycles. The molecule has 0 aliphatic carbocycles. The quantitative estimate of drug-likeness (QED) is 0.342. The maximum Gasteiger partial charge on any atom is 0.260 e. The van der Waals surface area contributed by atoms with Gasteiger partial charge in [0, 0.05) is 17.2 Å². The van der Waals surface area contributed by atoms with Gasteiger partial charge < -0.3 is 0 Å². The van der Waals surface area contributed by atoms with Crippen molar-refractivity contribution in [1.82, 2.24) is 9.67 Å². The van der Waals surface area contributed by atoms with Gasteiger partial charge in [0.25, 0.3) is 5.69 Å². The van der Waals surface area contributed by atoms with Gasteiger partial charge in [0.05, 0.1) is 23.8 Å². The molecule has 0 bridgehead atoms. The Morgan fingerprint density at radius 1 is 0.839 bits per heavy atom. The molecule has 0 amide bonds. The first-order chi connectivity index (χ1) is 14.7. The van der Waals surface area contributed by atoms with E-state index in [-0.39, 0.29) is 0 Å². The van der Waals surface area contributed by atoms with Crippen LogP contribution in [0.3, 0.4) is 0 Å². The van der Waals surface area contributed by atoms with Crippen LogP contribution in [0, 0.1) is 20.8 Å². The molecule has 0 saturated heterocycles. The minimum atomic E-state index is 0.449. The number of pyridine rings is 1. The summed E-state index contributed by atoms with van der Waals surface area (Å²) in [6.07, 6.45) is 0. The third-order valence-electron chi connectivity index (χ3n) is 6.51. The van der Waals surface area contributed by atoms with Crippen molar-refractivity contribution in [2.45, 2.75) is 60.3 Å². The van der Waals surface area contributed by atoms with E-state index < -0.39 is 0 Å². The Morgan fingerprint density at radius 3 is 2.03 bits per heavy atom. The zero-order valence-corrected chi connectivity index (χ0v) is 20.1. The average molecular weight is 413 g/mol. The molecule has 2 aromatic carbocycles. The van der Waals surface area contributed by atoms with Gasteiger partial charge in [-0.15, -0.1) is 0 Å². The Hall–Kier alpha value is -2.94. The number of para-hydroxylation sites is 1. The molecular formula is C28H34N3+. The first kappa shape index (κ1) is 21.3. The predicted molar refractivity (Wildman–Crippen MR) is 130 cm³/mol. The summed E-state index contributed by atoms with van der Waals surface area (Å²) in [5.74, 6) is 0.897. The first-order valence-electron chi connectivity index (χ1n) is 11.3. The number of aromatic nitrogens is 3. The lowest BCUT2D eigenvalue weighted by atomic mass is 9.86. The molecule has 4 rings (SSSR count). The van der Waals surface area contributed by atoms with Crippen molar-refractivity contribution in [2.24, 2.45) is 7.05 Å². The Morgan fingerprint density at radius 2 is 1.45 bits per heavy atom. The summed E-state index contributed by atoms with van der Waals surface area (Å²) in [6, 6.07) is 17.6.